The predicted octanol–water partition coefficient (Wildman–Crippen LogP) is 4.29. The molecule has 0 radical (unpaired) electrons. The Bertz CT molecular complexity index is 592. The topological polar surface area (TPSA) is 112 Å². The van der Waals surface area contributed by atoms with E-state index < -0.39 is 22.8 Å². The Labute approximate surface area is 202 Å². The molecule has 0 fully saturated rings. The van der Waals surface area contributed by atoms with Crippen LogP contribution in [0.25, 0.3) is 0 Å². The number of amides is 2. The number of ether oxygens (including phenoxy) is 3. The van der Waals surface area contributed by atoms with Crippen molar-refractivity contribution in [3.8, 4) is 0 Å². The van der Waals surface area contributed by atoms with Gasteiger partial charge in [0.1, 0.15) is 5.60 Å². The first-order chi connectivity index (χ1) is 14.8. The number of hydrogen-bond acceptors (Lipinski definition) is 6. The van der Waals surface area contributed by atoms with Crippen molar-refractivity contribution in [1.29, 1.82) is 0 Å². The molecule has 0 heterocycles. The second-order valence-corrected chi connectivity index (χ2v) is 11.9. The lowest BCUT2D eigenvalue weighted by atomic mass is 10.00. The molecule has 2 amide bonds. The summed E-state index contributed by atoms with van der Waals surface area (Å²) in [6.45, 7) is 20.9. The Morgan fingerprint density at radius 1 is 0.909 bits per heavy atom. The van der Waals surface area contributed by atoms with Gasteiger partial charge in [-0.25, -0.2) is 4.79 Å². The van der Waals surface area contributed by atoms with Gasteiger partial charge >= 0.3 is 6.09 Å². The smallest absolute Gasteiger partial charge is 0.408 e. The van der Waals surface area contributed by atoms with Crippen LogP contribution >= 0.6 is 0 Å². The lowest BCUT2D eigenvalue weighted by Crippen LogP contribution is -2.46. The number of alkyl carbamates (subject to hydrolysis) is 1. The Morgan fingerprint density at radius 3 is 2.06 bits per heavy atom. The number of nitrogens with one attached hydrogen (secondary N) is 2. The number of nitrogens with two attached hydrogens (primary N) is 1. The Kier molecular flexibility index (Phi) is 12.9. The standard InChI is InChI=1S/C25H51N3O5/c1-19(31-17-14-23(5,6)26)12-16-27-20(29)11-13-25(9,10)32-18-15-24(7,8)28-21(30)33-22(2,3)4/h19H,11-18,26H2,1-10H3,(H,27,29)(H,28,30). The molecule has 0 aromatic carbocycles. The molecule has 196 valence electrons. The minimum Gasteiger partial charge on any atom is -0.444 e. The average Bonchev–Trinajstić information content (AvgIpc) is 2.56. The van der Waals surface area contributed by atoms with Crippen molar-refractivity contribution in [2.75, 3.05) is 19.8 Å². The zero-order chi connectivity index (χ0) is 25.9. The van der Waals surface area contributed by atoms with Crippen LogP contribution in [0.2, 0.25) is 0 Å². The lowest BCUT2D eigenvalue weighted by Gasteiger charge is -2.31. The van der Waals surface area contributed by atoms with Crippen molar-refractivity contribution in [2.45, 2.75) is 130 Å². The number of hydrogen-bond donors (Lipinski definition) is 3. The van der Waals surface area contributed by atoms with Gasteiger partial charge in [-0.1, -0.05) is 0 Å². The van der Waals surface area contributed by atoms with E-state index in [9.17, 15) is 9.59 Å². The number of carbonyl (C=O) groups is 2. The van der Waals surface area contributed by atoms with Gasteiger partial charge in [0.05, 0.1) is 11.7 Å². The summed E-state index contributed by atoms with van der Waals surface area (Å²) >= 11 is 0. The molecule has 0 saturated carbocycles. The lowest BCUT2D eigenvalue weighted by molar-refractivity contribution is -0.123. The predicted molar refractivity (Wildman–Crippen MR) is 133 cm³/mol. The van der Waals surface area contributed by atoms with Gasteiger partial charge in [-0.3, -0.25) is 4.79 Å². The largest absolute Gasteiger partial charge is 0.444 e. The van der Waals surface area contributed by atoms with E-state index in [0.717, 1.165) is 12.8 Å². The van der Waals surface area contributed by atoms with E-state index in [4.69, 9.17) is 19.9 Å². The summed E-state index contributed by atoms with van der Waals surface area (Å²) in [7, 11) is 0. The fraction of sp³-hybridized carbons (Fsp3) is 0.920. The van der Waals surface area contributed by atoms with Crippen molar-refractivity contribution in [3.63, 3.8) is 0 Å². The summed E-state index contributed by atoms with van der Waals surface area (Å²) in [6, 6.07) is 0. The van der Waals surface area contributed by atoms with Crippen molar-refractivity contribution < 1.29 is 23.8 Å². The van der Waals surface area contributed by atoms with Crippen LogP contribution < -0.4 is 16.4 Å². The van der Waals surface area contributed by atoms with E-state index in [1.807, 2.05) is 69.2 Å². The van der Waals surface area contributed by atoms with Crippen LogP contribution in [0, 0.1) is 0 Å². The molecule has 0 spiro atoms. The summed E-state index contributed by atoms with van der Waals surface area (Å²) in [5.74, 6) is 0.00823. The van der Waals surface area contributed by atoms with Crippen molar-refractivity contribution in [2.24, 2.45) is 5.73 Å². The first kappa shape index (κ1) is 31.6. The monoisotopic (exact) mass is 473 g/mol. The van der Waals surface area contributed by atoms with E-state index in [-0.39, 0.29) is 17.6 Å². The van der Waals surface area contributed by atoms with E-state index in [0.29, 0.717) is 39.0 Å². The highest BCUT2D eigenvalue weighted by molar-refractivity contribution is 5.75. The fourth-order valence-corrected chi connectivity index (χ4v) is 2.82. The van der Waals surface area contributed by atoms with Gasteiger partial charge in [-0.15, -0.1) is 0 Å². The first-order valence-corrected chi connectivity index (χ1v) is 12.1. The molecule has 0 bridgehead atoms. The molecule has 0 aliphatic carbocycles. The molecule has 0 aromatic rings. The minimum atomic E-state index is -0.536. The second kappa shape index (κ2) is 13.5. The molecule has 0 saturated heterocycles. The number of carbonyl (C=O) groups excluding carboxylic acids is 2. The summed E-state index contributed by atoms with van der Waals surface area (Å²) in [5, 5.41) is 5.83. The minimum absolute atomic E-state index is 0.00823. The first-order valence-electron chi connectivity index (χ1n) is 12.1. The van der Waals surface area contributed by atoms with Crippen LogP contribution in [-0.2, 0) is 19.0 Å². The second-order valence-electron chi connectivity index (χ2n) is 11.9. The molecule has 1 atom stereocenters. The van der Waals surface area contributed by atoms with Gasteiger partial charge in [-0.2, -0.15) is 0 Å². The van der Waals surface area contributed by atoms with Crippen LogP contribution in [-0.4, -0.2) is 60.1 Å². The molecule has 8 nitrogen and oxygen atoms in total. The summed E-state index contributed by atoms with van der Waals surface area (Å²) in [4.78, 5) is 24.2. The van der Waals surface area contributed by atoms with Crippen LogP contribution in [0.3, 0.4) is 0 Å². The van der Waals surface area contributed by atoms with Crippen LogP contribution in [0.15, 0.2) is 0 Å². The Morgan fingerprint density at radius 2 is 1.52 bits per heavy atom. The molecule has 33 heavy (non-hydrogen) atoms. The maximum atomic E-state index is 12.2. The van der Waals surface area contributed by atoms with Gasteiger partial charge in [0.25, 0.3) is 0 Å². The van der Waals surface area contributed by atoms with E-state index in [1.54, 1.807) is 0 Å². The van der Waals surface area contributed by atoms with Crippen molar-refractivity contribution in [3.05, 3.63) is 0 Å². The summed E-state index contributed by atoms with van der Waals surface area (Å²) in [5.41, 5.74) is 4.28. The van der Waals surface area contributed by atoms with E-state index >= 15 is 0 Å². The maximum absolute atomic E-state index is 12.2. The zero-order valence-electron chi connectivity index (χ0n) is 22.9. The highest BCUT2D eigenvalue weighted by atomic mass is 16.6. The van der Waals surface area contributed by atoms with Crippen LogP contribution in [0.1, 0.15) is 101 Å². The third kappa shape index (κ3) is 19.8. The normalized spacial score (nSPS) is 14.0. The fourth-order valence-electron chi connectivity index (χ4n) is 2.82. The van der Waals surface area contributed by atoms with Gasteiger partial charge in [0.15, 0.2) is 0 Å². The molecule has 0 rings (SSSR count). The van der Waals surface area contributed by atoms with Crippen LogP contribution in [0.5, 0.6) is 0 Å². The van der Waals surface area contributed by atoms with Gasteiger partial charge < -0.3 is 30.6 Å². The SMILES string of the molecule is CC(CCNC(=O)CCC(C)(C)OCCC(C)(C)NC(=O)OC(C)(C)C)OCCC(C)(C)N. The molecular weight excluding hydrogens is 422 g/mol. The van der Waals surface area contributed by atoms with Crippen molar-refractivity contribution >= 4 is 12.0 Å². The Hall–Kier alpha value is -1.38. The summed E-state index contributed by atoms with van der Waals surface area (Å²) in [6.07, 6.45) is 2.82. The van der Waals surface area contributed by atoms with Gasteiger partial charge in [-0.05, 0) is 94.9 Å². The van der Waals surface area contributed by atoms with Gasteiger partial charge in [0.2, 0.25) is 5.91 Å². The Balaban J connectivity index is 4.12. The third-order valence-corrected chi connectivity index (χ3v) is 5.04. The van der Waals surface area contributed by atoms with Gasteiger partial charge in [0, 0.05) is 37.3 Å². The maximum Gasteiger partial charge on any atom is 0.408 e. The highest BCUT2D eigenvalue weighted by Crippen LogP contribution is 2.19. The highest BCUT2D eigenvalue weighted by Gasteiger charge is 2.26. The molecule has 1 unspecified atom stereocenters. The molecular formula is C25H51N3O5. The zero-order valence-corrected chi connectivity index (χ0v) is 22.9. The number of rotatable bonds is 15. The molecule has 0 aromatic heterocycles. The van der Waals surface area contributed by atoms with Crippen molar-refractivity contribution in [1.82, 2.24) is 10.6 Å². The third-order valence-electron chi connectivity index (χ3n) is 5.04. The molecule has 4 N–H and O–H groups in total. The molecule has 8 heteroatoms. The quantitative estimate of drug-likeness (QED) is 0.327. The van der Waals surface area contributed by atoms with E-state index in [1.165, 1.54) is 0 Å². The van der Waals surface area contributed by atoms with Crippen LogP contribution in [0.4, 0.5) is 4.79 Å². The molecule has 0 aliphatic heterocycles. The summed E-state index contributed by atoms with van der Waals surface area (Å²) < 4.78 is 17.1. The molecule has 0 aliphatic rings. The average molecular weight is 474 g/mol. The van der Waals surface area contributed by atoms with E-state index in [2.05, 4.69) is 10.6 Å².